The van der Waals surface area contributed by atoms with Crippen LogP contribution in [0.25, 0.3) is 0 Å². The third-order valence-electron chi connectivity index (χ3n) is 3.88. The number of methoxy groups -OCH3 is 1. The molecule has 0 saturated carbocycles. The molecule has 0 fully saturated rings. The van der Waals surface area contributed by atoms with Crippen LogP contribution >= 0.6 is 0 Å². The fourth-order valence-corrected chi connectivity index (χ4v) is 2.38. The summed E-state index contributed by atoms with van der Waals surface area (Å²) in [5.74, 6) is 0.888. The highest BCUT2D eigenvalue weighted by Crippen LogP contribution is 2.19. The summed E-state index contributed by atoms with van der Waals surface area (Å²) in [5, 5.41) is 3.32. The van der Waals surface area contributed by atoms with Crippen LogP contribution in [-0.2, 0) is 4.74 Å². The van der Waals surface area contributed by atoms with Crippen LogP contribution in [0.2, 0.25) is 0 Å². The van der Waals surface area contributed by atoms with E-state index in [0.717, 1.165) is 12.2 Å². The van der Waals surface area contributed by atoms with Crippen molar-refractivity contribution in [2.75, 3.05) is 20.8 Å². The maximum absolute atomic E-state index is 5.99. The monoisotopic (exact) mass is 293 g/mol. The van der Waals surface area contributed by atoms with Gasteiger partial charge in [-0.15, -0.1) is 0 Å². The molecule has 1 aromatic rings. The van der Waals surface area contributed by atoms with E-state index < -0.39 is 0 Å². The average molecular weight is 293 g/mol. The molecule has 1 rings (SSSR count). The van der Waals surface area contributed by atoms with Crippen molar-refractivity contribution in [2.45, 2.75) is 58.1 Å². The highest BCUT2D eigenvalue weighted by molar-refractivity contribution is 5.29. The SMILES string of the molecule is CCCCCCC(C)OCC(NC)c1ccc(OC)cc1. The maximum Gasteiger partial charge on any atom is 0.118 e. The first-order valence-electron chi connectivity index (χ1n) is 8.14. The van der Waals surface area contributed by atoms with Crippen LogP contribution in [0.1, 0.15) is 57.6 Å². The van der Waals surface area contributed by atoms with E-state index in [4.69, 9.17) is 9.47 Å². The van der Waals surface area contributed by atoms with Crippen LogP contribution in [0.4, 0.5) is 0 Å². The lowest BCUT2D eigenvalue weighted by Crippen LogP contribution is -2.24. The first-order chi connectivity index (χ1) is 10.2. The van der Waals surface area contributed by atoms with E-state index in [1.54, 1.807) is 7.11 Å². The van der Waals surface area contributed by atoms with E-state index in [9.17, 15) is 0 Å². The van der Waals surface area contributed by atoms with Gasteiger partial charge in [0.15, 0.2) is 0 Å². The highest BCUT2D eigenvalue weighted by Gasteiger charge is 2.11. The van der Waals surface area contributed by atoms with Crippen molar-refractivity contribution >= 4 is 0 Å². The predicted octanol–water partition coefficient (Wildman–Crippen LogP) is 4.33. The highest BCUT2D eigenvalue weighted by atomic mass is 16.5. The molecule has 0 aromatic heterocycles. The molecule has 21 heavy (non-hydrogen) atoms. The Labute approximate surface area is 130 Å². The number of rotatable bonds is 11. The zero-order valence-corrected chi connectivity index (χ0v) is 14.0. The molecular formula is C18H31NO2. The average Bonchev–Trinajstić information content (AvgIpc) is 2.52. The van der Waals surface area contributed by atoms with Gasteiger partial charge in [-0.05, 0) is 38.1 Å². The van der Waals surface area contributed by atoms with E-state index in [1.807, 2.05) is 19.2 Å². The fraction of sp³-hybridized carbons (Fsp3) is 0.667. The topological polar surface area (TPSA) is 30.5 Å². The van der Waals surface area contributed by atoms with E-state index >= 15 is 0 Å². The number of benzene rings is 1. The minimum absolute atomic E-state index is 0.231. The van der Waals surface area contributed by atoms with Gasteiger partial charge in [0.2, 0.25) is 0 Å². The Hall–Kier alpha value is -1.06. The summed E-state index contributed by atoms with van der Waals surface area (Å²) < 4.78 is 11.2. The molecule has 0 bridgehead atoms. The zero-order valence-electron chi connectivity index (χ0n) is 14.0. The van der Waals surface area contributed by atoms with Gasteiger partial charge in [0.25, 0.3) is 0 Å². The van der Waals surface area contributed by atoms with Crippen molar-refractivity contribution in [3.05, 3.63) is 29.8 Å². The lowest BCUT2D eigenvalue weighted by Gasteiger charge is -2.20. The van der Waals surface area contributed by atoms with Gasteiger partial charge >= 0.3 is 0 Å². The molecule has 0 aliphatic heterocycles. The molecule has 120 valence electrons. The van der Waals surface area contributed by atoms with E-state index in [1.165, 1.54) is 31.2 Å². The van der Waals surface area contributed by atoms with Crippen LogP contribution in [0.15, 0.2) is 24.3 Å². The number of hydrogen-bond acceptors (Lipinski definition) is 3. The normalized spacial score (nSPS) is 13.9. The third kappa shape index (κ3) is 6.96. The minimum atomic E-state index is 0.231. The predicted molar refractivity (Wildman–Crippen MR) is 89.0 cm³/mol. The second kappa shape index (κ2) is 10.6. The molecule has 3 nitrogen and oxygen atoms in total. The molecule has 0 aliphatic rings. The Balaban J connectivity index is 2.35. The van der Waals surface area contributed by atoms with Crippen molar-refractivity contribution in [1.29, 1.82) is 0 Å². The quantitative estimate of drug-likeness (QED) is 0.616. The summed E-state index contributed by atoms with van der Waals surface area (Å²) >= 11 is 0. The van der Waals surface area contributed by atoms with Crippen molar-refractivity contribution in [1.82, 2.24) is 5.32 Å². The lowest BCUT2D eigenvalue weighted by atomic mass is 10.1. The van der Waals surface area contributed by atoms with Gasteiger partial charge in [0.05, 0.1) is 25.9 Å². The Bertz CT molecular complexity index is 364. The van der Waals surface area contributed by atoms with Gasteiger partial charge in [0.1, 0.15) is 5.75 Å². The summed E-state index contributed by atoms with van der Waals surface area (Å²) in [5.41, 5.74) is 1.23. The lowest BCUT2D eigenvalue weighted by molar-refractivity contribution is 0.0441. The van der Waals surface area contributed by atoms with Crippen molar-refractivity contribution < 1.29 is 9.47 Å². The van der Waals surface area contributed by atoms with Gasteiger partial charge < -0.3 is 14.8 Å². The number of nitrogens with one attached hydrogen (secondary N) is 1. The van der Waals surface area contributed by atoms with Gasteiger partial charge in [0, 0.05) is 0 Å². The Morgan fingerprint density at radius 2 is 1.81 bits per heavy atom. The number of ether oxygens (including phenoxy) is 2. The molecule has 0 spiro atoms. The molecule has 1 N–H and O–H groups in total. The largest absolute Gasteiger partial charge is 0.497 e. The molecular weight excluding hydrogens is 262 g/mol. The minimum Gasteiger partial charge on any atom is -0.497 e. The Morgan fingerprint density at radius 3 is 2.38 bits per heavy atom. The molecule has 2 atom stereocenters. The summed E-state index contributed by atoms with van der Waals surface area (Å²) in [6, 6.07) is 8.40. The molecule has 2 unspecified atom stereocenters. The van der Waals surface area contributed by atoms with Crippen molar-refractivity contribution in [3.63, 3.8) is 0 Å². The second-order valence-electron chi connectivity index (χ2n) is 5.61. The molecule has 3 heteroatoms. The number of likely N-dealkylation sites (N-methyl/N-ethyl adjacent to an activating group) is 1. The van der Waals surface area contributed by atoms with Crippen LogP contribution in [-0.4, -0.2) is 26.9 Å². The summed E-state index contributed by atoms with van der Waals surface area (Å²) in [7, 11) is 3.66. The zero-order chi connectivity index (χ0) is 15.5. The fourth-order valence-electron chi connectivity index (χ4n) is 2.38. The van der Waals surface area contributed by atoms with Crippen molar-refractivity contribution in [2.24, 2.45) is 0 Å². The molecule has 0 radical (unpaired) electrons. The van der Waals surface area contributed by atoms with E-state index in [0.29, 0.717) is 12.7 Å². The molecule has 0 saturated heterocycles. The van der Waals surface area contributed by atoms with Gasteiger partial charge in [-0.25, -0.2) is 0 Å². The van der Waals surface area contributed by atoms with Crippen molar-refractivity contribution in [3.8, 4) is 5.75 Å². The van der Waals surface area contributed by atoms with Crippen LogP contribution in [0.3, 0.4) is 0 Å². The van der Waals surface area contributed by atoms with Crippen LogP contribution in [0.5, 0.6) is 5.75 Å². The molecule has 0 amide bonds. The van der Waals surface area contributed by atoms with Crippen LogP contribution < -0.4 is 10.1 Å². The number of unbranched alkanes of at least 4 members (excludes halogenated alkanes) is 3. The molecule has 1 aromatic carbocycles. The molecule has 0 heterocycles. The molecule has 0 aliphatic carbocycles. The number of hydrogen-bond donors (Lipinski definition) is 1. The first-order valence-corrected chi connectivity index (χ1v) is 8.14. The second-order valence-corrected chi connectivity index (χ2v) is 5.61. The standard InChI is InChI=1S/C18H31NO2/c1-5-6-7-8-9-15(2)21-14-18(19-3)16-10-12-17(20-4)13-11-16/h10-13,15,18-19H,5-9,14H2,1-4H3. The van der Waals surface area contributed by atoms with Crippen LogP contribution in [0, 0.1) is 0 Å². The third-order valence-corrected chi connectivity index (χ3v) is 3.88. The smallest absolute Gasteiger partial charge is 0.118 e. The van der Waals surface area contributed by atoms with Gasteiger partial charge in [-0.1, -0.05) is 44.7 Å². The maximum atomic E-state index is 5.99. The van der Waals surface area contributed by atoms with E-state index in [-0.39, 0.29) is 6.04 Å². The Morgan fingerprint density at radius 1 is 1.10 bits per heavy atom. The van der Waals surface area contributed by atoms with Gasteiger partial charge in [-0.2, -0.15) is 0 Å². The van der Waals surface area contributed by atoms with E-state index in [2.05, 4.69) is 31.3 Å². The first kappa shape index (κ1) is 18.0. The summed E-state index contributed by atoms with van der Waals surface area (Å²) in [4.78, 5) is 0. The summed E-state index contributed by atoms with van der Waals surface area (Å²) in [6.07, 6.45) is 6.68. The summed E-state index contributed by atoms with van der Waals surface area (Å²) in [6.45, 7) is 5.12. The van der Waals surface area contributed by atoms with Gasteiger partial charge in [-0.3, -0.25) is 0 Å². The Kier molecular flexibility index (Phi) is 9.11.